The van der Waals surface area contributed by atoms with Gasteiger partial charge in [0.25, 0.3) is 0 Å². The third kappa shape index (κ3) is 3.70. The van der Waals surface area contributed by atoms with Crippen molar-refractivity contribution in [3.05, 3.63) is 54.6 Å². The molecule has 1 aliphatic rings. The van der Waals surface area contributed by atoms with Gasteiger partial charge in [0.15, 0.2) is 0 Å². The molecule has 2 amide bonds. The number of anilines is 1. The predicted octanol–water partition coefficient (Wildman–Crippen LogP) is 2.86. The Bertz CT molecular complexity index is 626. The highest BCUT2D eigenvalue weighted by Crippen LogP contribution is 2.27. The molecule has 122 valence electrons. The molecule has 0 aliphatic carbocycles. The molecule has 0 bridgehead atoms. The summed E-state index contributed by atoms with van der Waals surface area (Å²) >= 11 is 0. The molecule has 4 nitrogen and oxygen atoms in total. The molecule has 1 saturated heterocycles. The maximum Gasteiger partial charge on any atom is 0.228 e. The monoisotopic (exact) mass is 312 g/mol. The molecular formula is C19H24N2O2. The summed E-state index contributed by atoms with van der Waals surface area (Å²) in [5.41, 5.74) is 3.20. The Morgan fingerprint density at radius 3 is 2.48 bits per heavy atom. The van der Waals surface area contributed by atoms with Crippen LogP contribution in [0.3, 0.4) is 0 Å². The normalized spacial score (nSPS) is 17.2. The second kappa shape index (κ2) is 7.27. The van der Waals surface area contributed by atoms with Crippen molar-refractivity contribution < 1.29 is 9.59 Å². The maximum atomic E-state index is 12.6. The Kier molecular flexibility index (Phi) is 5.37. The Morgan fingerprint density at radius 2 is 1.91 bits per heavy atom. The number of rotatable bonds is 6. The minimum Gasteiger partial charge on any atom is -0.335 e. The van der Waals surface area contributed by atoms with Gasteiger partial charge in [-0.25, -0.2) is 0 Å². The molecule has 0 saturated carbocycles. The van der Waals surface area contributed by atoms with Crippen LogP contribution in [0.1, 0.15) is 17.5 Å². The van der Waals surface area contributed by atoms with Gasteiger partial charge in [-0.3, -0.25) is 9.59 Å². The van der Waals surface area contributed by atoms with Crippen LogP contribution < -0.4 is 4.90 Å². The number of hydrogen-bond acceptors (Lipinski definition) is 2. The van der Waals surface area contributed by atoms with E-state index in [0.717, 1.165) is 11.3 Å². The van der Waals surface area contributed by atoms with E-state index in [1.54, 1.807) is 22.0 Å². The Labute approximate surface area is 138 Å². The van der Waals surface area contributed by atoms with Crippen molar-refractivity contribution in [3.63, 3.8) is 0 Å². The zero-order chi connectivity index (χ0) is 17.0. The molecule has 2 rings (SSSR count). The van der Waals surface area contributed by atoms with Crippen molar-refractivity contribution in [1.82, 2.24) is 4.90 Å². The lowest BCUT2D eigenvalue weighted by Gasteiger charge is -2.23. The topological polar surface area (TPSA) is 40.6 Å². The van der Waals surface area contributed by atoms with Gasteiger partial charge < -0.3 is 9.80 Å². The van der Waals surface area contributed by atoms with Gasteiger partial charge >= 0.3 is 0 Å². The van der Waals surface area contributed by atoms with Gasteiger partial charge in [0.1, 0.15) is 0 Å². The summed E-state index contributed by atoms with van der Waals surface area (Å²) in [7, 11) is 0. The molecule has 1 heterocycles. The highest BCUT2D eigenvalue weighted by Gasteiger charge is 2.36. The smallest absolute Gasteiger partial charge is 0.228 e. The van der Waals surface area contributed by atoms with E-state index in [2.05, 4.69) is 13.2 Å². The van der Waals surface area contributed by atoms with E-state index >= 15 is 0 Å². The Balaban J connectivity index is 2.15. The maximum absolute atomic E-state index is 12.6. The van der Waals surface area contributed by atoms with Crippen LogP contribution in [0, 0.1) is 19.8 Å². The molecule has 1 aromatic carbocycles. The first-order chi connectivity index (χ1) is 11.0. The van der Waals surface area contributed by atoms with Crippen molar-refractivity contribution in [2.75, 3.05) is 24.5 Å². The molecule has 0 spiro atoms. The molecule has 1 fully saturated rings. The summed E-state index contributed by atoms with van der Waals surface area (Å²) in [4.78, 5) is 28.4. The first-order valence-corrected chi connectivity index (χ1v) is 7.86. The van der Waals surface area contributed by atoms with Gasteiger partial charge in [0.2, 0.25) is 11.8 Å². The average molecular weight is 312 g/mol. The minimum atomic E-state index is -0.302. The van der Waals surface area contributed by atoms with Gasteiger partial charge in [0, 0.05) is 31.7 Å². The highest BCUT2D eigenvalue weighted by atomic mass is 16.2. The molecule has 23 heavy (non-hydrogen) atoms. The minimum absolute atomic E-state index is 0.00348. The molecule has 1 unspecified atom stereocenters. The largest absolute Gasteiger partial charge is 0.335 e. The SMILES string of the molecule is C=CCN(CC=C)C(=O)C1CC(=O)N(c2ccc(C)c(C)c2)C1. The van der Waals surface area contributed by atoms with Gasteiger partial charge in [0.05, 0.1) is 5.92 Å². The van der Waals surface area contributed by atoms with E-state index in [1.807, 2.05) is 32.0 Å². The summed E-state index contributed by atoms with van der Waals surface area (Å²) in [6.07, 6.45) is 3.65. The first kappa shape index (κ1) is 17.0. The van der Waals surface area contributed by atoms with E-state index < -0.39 is 0 Å². The summed E-state index contributed by atoms with van der Waals surface area (Å²) < 4.78 is 0. The lowest BCUT2D eigenvalue weighted by molar-refractivity contribution is -0.134. The molecule has 4 heteroatoms. The zero-order valence-electron chi connectivity index (χ0n) is 13.9. The number of benzene rings is 1. The third-order valence-corrected chi connectivity index (χ3v) is 4.29. The summed E-state index contributed by atoms with van der Waals surface area (Å²) in [6, 6.07) is 5.96. The lowest BCUT2D eigenvalue weighted by Crippen LogP contribution is -2.37. The van der Waals surface area contributed by atoms with Crippen molar-refractivity contribution in [1.29, 1.82) is 0 Å². The number of nitrogens with zero attached hydrogens (tertiary/aromatic N) is 2. The standard InChI is InChI=1S/C19H24N2O2/c1-5-9-20(10-6-2)19(23)16-12-18(22)21(13-16)17-8-7-14(3)15(4)11-17/h5-8,11,16H,1-2,9-10,12-13H2,3-4H3. The molecule has 0 aromatic heterocycles. The number of aryl methyl sites for hydroxylation is 2. The van der Waals surface area contributed by atoms with Crippen molar-refractivity contribution >= 4 is 17.5 Å². The Hall–Kier alpha value is -2.36. The second-order valence-electron chi connectivity index (χ2n) is 5.99. The predicted molar refractivity (Wildman–Crippen MR) is 93.4 cm³/mol. The van der Waals surface area contributed by atoms with Crippen LogP contribution in [0.2, 0.25) is 0 Å². The zero-order valence-corrected chi connectivity index (χ0v) is 13.9. The van der Waals surface area contributed by atoms with Crippen molar-refractivity contribution in [3.8, 4) is 0 Å². The third-order valence-electron chi connectivity index (χ3n) is 4.29. The first-order valence-electron chi connectivity index (χ1n) is 7.86. The van der Waals surface area contributed by atoms with E-state index in [1.165, 1.54) is 5.56 Å². The lowest BCUT2D eigenvalue weighted by atomic mass is 10.1. The highest BCUT2D eigenvalue weighted by molar-refractivity contribution is 6.00. The van der Waals surface area contributed by atoms with Gasteiger partial charge in [-0.15, -0.1) is 13.2 Å². The van der Waals surface area contributed by atoms with Crippen LogP contribution in [0.5, 0.6) is 0 Å². The van der Waals surface area contributed by atoms with Gasteiger partial charge in [-0.2, -0.15) is 0 Å². The fraction of sp³-hybridized carbons (Fsp3) is 0.368. The second-order valence-corrected chi connectivity index (χ2v) is 5.99. The summed E-state index contributed by atoms with van der Waals surface area (Å²) in [5.74, 6) is -0.308. The van der Waals surface area contributed by atoms with Crippen LogP contribution in [-0.2, 0) is 9.59 Å². The molecule has 1 aromatic rings. The fourth-order valence-electron chi connectivity index (χ4n) is 2.84. The molecule has 0 N–H and O–H groups in total. The Morgan fingerprint density at radius 1 is 1.26 bits per heavy atom. The number of carbonyl (C=O) groups excluding carboxylic acids is 2. The van der Waals surface area contributed by atoms with Crippen LogP contribution in [0.15, 0.2) is 43.5 Å². The van der Waals surface area contributed by atoms with E-state index in [9.17, 15) is 9.59 Å². The van der Waals surface area contributed by atoms with Crippen LogP contribution >= 0.6 is 0 Å². The van der Waals surface area contributed by atoms with Gasteiger partial charge in [-0.1, -0.05) is 18.2 Å². The van der Waals surface area contributed by atoms with E-state index in [4.69, 9.17) is 0 Å². The average Bonchev–Trinajstić information content (AvgIpc) is 2.91. The molecular weight excluding hydrogens is 288 g/mol. The molecule has 1 aliphatic heterocycles. The number of amides is 2. The van der Waals surface area contributed by atoms with Crippen molar-refractivity contribution in [2.24, 2.45) is 5.92 Å². The quantitative estimate of drug-likeness (QED) is 0.758. The summed E-state index contributed by atoms with van der Waals surface area (Å²) in [6.45, 7) is 12.8. The van der Waals surface area contributed by atoms with Gasteiger partial charge in [-0.05, 0) is 37.1 Å². The van der Waals surface area contributed by atoms with E-state index in [-0.39, 0.29) is 24.2 Å². The number of hydrogen-bond donors (Lipinski definition) is 0. The van der Waals surface area contributed by atoms with E-state index in [0.29, 0.717) is 19.6 Å². The molecule has 0 radical (unpaired) electrons. The van der Waals surface area contributed by atoms with Crippen LogP contribution in [-0.4, -0.2) is 36.3 Å². The van der Waals surface area contributed by atoms with Crippen molar-refractivity contribution in [2.45, 2.75) is 20.3 Å². The number of carbonyl (C=O) groups is 2. The fourth-order valence-corrected chi connectivity index (χ4v) is 2.84. The summed E-state index contributed by atoms with van der Waals surface area (Å²) in [5, 5.41) is 0. The molecule has 1 atom stereocenters. The van der Waals surface area contributed by atoms with Crippen LogP contribution in [0.4, 0.5) is 5.69 Å². The van der Waals surface area contributed by atoms with Crippen LogP contribution in [0.25, 0.3) is 0 Å².